The van der Waals surface area contributed by atoms with E-state index in [-0.39, 0.29) is 5.97 Å². The predicted molar refractivity (Wildman–Crippen MR) is 82.4 cm³/mol. The van der Waals surface area contributed by atoms with Crippen molar-refractivity contribution in [3.8, 4) is 0 Å². The first-order valence-corrected chi connectivity index (χ1v) is 7.98. The summed E-state index contributed by atoms with van der Waals surface area (Å²) in [6.45, 7) is 13.0. The van der Waals surface area contributed by atoms with Crippen molar-refractivity contribution >= 4 is 5.97 Å². The van der Waals surface area contributed by atoms with Crippen molar-refractivity contribution in [2.45, 2.75) is 65.5 Å². The van der Waals surface area contributed by atoms with Gasteiger partial charge in [-0.15, -0.1) is 0 Å². The number of likely N-dealkylation sites (tertiary alicyclic amines) is 1. The molecule has 1 rings (SSSR count). The van der Waals surface area contributed by atoms with Crippen LogP contribution in [0.15, 0.2) is 0 Å². The van der Waals surface area contributed by atoms with Gasteiger partial charge >= 0.3 is 5.97 Å². The van der Waals surface area contributed by atoms with Gasteiger partial charge in [0.2, 0.25) is 0 Å². The van der Waals surface area contributed by atoms with E-state index in [1.807, 2.05) is 6.92 Å². The van der Waals surface area contributed by atoms with E-state index in [1.54, 1.807) is 6.92 Å². The fraction of sp³-hybridized carbons (Fsp3) is 0.938. The van der Waals surface area contributed by atoms with Crippen LogP contribution < -0.4 is 5.73 Å². The zero-order valence-corrected chi connectivity index (χ0v) is 13.8. The van der Waals surface area contributed by atoms with Crippen LogP contribution >= 0.6 is 0 Å². The summed E-state index contributed by atoms with van der Waals surface area (Å²) in [6, 6.07) is 0.322. The molecule has 4 nitrogen and oxygen atoms in total. The fourth-order valence-corrected chi connectivity index (χ4v) is 3.15. The van der Waals surface area contributed by atoms with Gasteiger partial charge in [-0.25, -0.2) is 0 Å². The summed E-state index contributed by atoms with van der Waals surface area (Å²) in [5.74, 6) is 1.32. The number of ether oxygens (including phenoxy) is 1. The highest BCUT2D eigenvalue weighted by Gasteiger charge is 2.34. The van der Waals surface area contributed by atoms with Gasteiger partial charge in [0.05, 0.1) is 6.61 Å². The zero-order valence-electron chi connectivity index (χ0n) is 13.8. The standard InChI is InChI=1S/C16H32N2O2/c1-6-20-15(19)16(5,17)11-13(4)18-9-7-14(8-10-18)12(2)3/h12-14H,6-11,17H2,1-5H3. The summed E-state index contributed by atoms with van der Waals surface area (Å²) in [5.41, 5.74) is 5.24. The second-order valence-corrected chi connectivity index (χ2v) is 6.81. The lowest BCUT2D eigenvalue weighted by molar-refractivity contribution is -0.149. The van der Waals surface area contributed by atoms with Crippen molar-refractivity contribution in [1.82, 2.24) is 4.90 Å². The van der Waals surface area contributed by atoms with Crippen LogP contribution in [-0.2, 0) is 9.53 Å². The molecular formula is C16H32N2O2. The quantitative estimate of drug-likeness (QED) is 0.761. The van der Waals surface area contributed by atoms with Crippen LogP contribution in [0.25, 0.3) is 0 Å². The van der Waals surface area contributed by atoms with Gasteiger partial charge in [-0.1, -0.05) is 13.8 Å². The first-order chi connectivity index (χ1) is 9.27. The normalized spacial score (nSPS) is 22.6. The molecule has 0 aromatic carbocycles. The molecule has 0 aliphatic carbocycles. The monoisotopic (exact) mass is 284 g/mol. The van der Waals surface area contributed by atoms with E-state index in [2.05, 4.69) is 25.7 Å². The van der Waals surface area contributed by atoms with Crippen LogP contribution in [0.3, 0.4) is 0 Å². The summed E-state index contributed by atoms with van der Waals surface area (Å²) in [7, 11) is 0. The van der Waals surface area contributed by atoms with Gasteiger partial charge in [0, 0.05) is 6.04 Å². The highest BCUT2D eigenvalue weighted by Crippen LogP contribution is 2.27. The van der Waals surface area contributed by atoms with Crippen LogP contribution in [0, 0.1) is 11.8 Å². The van der Waals surface area contributed by atoms with Crippen LogP contribution in [0.4, 0.5) is 0 Å². The van der Waals surface area contributed by atoms with E-state index < -0.39 is 5.54 Å². The molecule has 1 saturated heterocycles. The molecule has 1 heterocycles. The zero-order chi connectivity index (χ0) is 15.3. The molecule has 0 bridgehead atoms. The molecule has 20 heavy (non-hydrogen) atoms. The summed E-state index contributed by atoms with van der Waals surface area (Å²) in [5, 5.41) is 0. The topological polar surface area (TPSA) is 55.6 Å². The number of carbonyl (C=O) groups excluding carboxylic acids is 1. The van der Waals surface area contributed by atoms with Crippen molar-refractivity contribution < 1.29 is 9.53 Å². The van der Waals surface area contributed by atoms with Crippen molar-refractivity contribution in [2.24, 2.45) is 17.6 Å². The molecule has 0 aromatic rings. The molecule has 1 fully saturated rings. The number of esters is 1. The number of nitrogens with two attached hydrogens (primary N) is 1. The van der Waals surface area contributed by atoms with E-state index in [0.29, 0.717) is 19.1 Å². The van der Waals surface area contributed by atoms with Crippen molar-refractivity contribution in [1.29, 1.82) is 0 Å². The van der Waals surface area contributed by atoms with Gasteiger partial charge in [-0.2, -0.15) is 0 Å². The molecule has 2 N–H and O–H groups in total. The molecule has 0 saturated carbocycles. The SMILES string of the molecule is CCOC(=O)C(C)(N)CC(C)N1CCC(C(C)C)CC1. The van der Waals surface area contributed by atoms with Gasteiger partial charge in [-0.05, 0) is 65.0 Å². The lowest BCUT2D eigenvalue weighted by Crippen LogP contribution is -2.52. The molecule has 2 atom stereocenters. The number of nitrogens with zero attached hydrogens (tertiary/aromatic N) is 1. The molecule has 0 radical (unpaired) electrons. The Labute approximate surface area is 124 Å². The number of carbonyl (C=O) groups is 1. The fourth-order valence-electron chi connectivity index (χ4n) is 3.15. The first-order valence-electron chi connectivity index (χ1n) is 7.98. The smallest absolute Gasteiger partial charge is 0.325 e. The Morgan fingerprint density at radius 3 is 2.35 bits per heavy atom. The third-order valence-electron chi connectivity index (χ3n) is 4.60. The van der Waals surface area contributed by atoms with Crippen LogP contribution in [0.1, 0.15) is 53.9 Å². The summed E-state index contributed by atoms with van der Waals surface area (Å²) in [4.78, 5) is 14.3. The third kappa shape index (κ3) is 4.74. The Balaban J connectivity index is 2.47. The average molecular weight is 284 g/mol. The second-order valence-electron chi connectivity index (χ2n) is 6.81. The van der Waals surface area contributed by atoms with E-state index in [4.69, 9.17) is 10.5 Å². The Morgan fingerprint density at radius 1 is 1.35 bits per heavy atom. The number of hydrogen-bond donors (Lipinski definition) is 1. The highest BCUT2D eigenvalue weighted by molar-refractivity contribution is 5.80. The Hall–Kier alpha value is -0.610. The van der Waals surface area contributed by atoms with Crippen molar-refractivity contribution in [3.63, 3.8) is 0 Å². The highest BCUT2D eigenvalue weighted by atomic mass is 16.5. The maximum absolute atomic E-state index is 11.9. The number of hydrogen-bond acceptors (Lipinski definition) is 4. The first kappa shape index (κ1) is 17.4. The number of rotatable bonds is 6. The molecule has 1 aliphatic rings. The van der Waals surface area contributed by atoms with E-state index in [9.17, 15) is 4.79 Å². The molecule has 0 aromatic heterocycles. The van der Waals surface area contributed by atoms with E-state index >= 15 is 0 Å². The maximum atomic E-state index is 11.9. The van der Waals surface area contributed by atoms with Crippen LogP contribution in [0.5, 0.6) is 0 Å². The van der Waals surface area contributed by atoms with Crippen LogP contribution in [0.2, 0.25) is 0 Å². The minimum Gasteiger partial charge on any atom is -0.465 e. The Bertz CT molecular complexity index is 308. The van der Waals surface area contributed by atoms with E-state index in [1.165, 1.54) is 12.8 Å². The Morgan fingerprint density at radius 2 is 1.90 bits per heavy atom. The van der Waals surface area contributed by atoms with Gasteiger partial charge in [0.1, 0.15) is 5.54 Å². The lowest BCUT2D eigenvalue weighted by Gasteiger charge is -2.39. The largest absolute Gasteiger partial charge is 0.465 e. The van der Waals surface area contributed by atoms with Gasteiger partial charge in [0.15, 0.2) is 0 Å². The molecule has 0 amide bonds. The van der Waals surface area contributed by atoms with Gasteiger partial charge < -0.3 is 15.4 Å². The molecule has 4 heteroatoms. The minimum atomic E-state index is -0.885. The van der Waals surface area contributed by atoms with Gasteiger partial charge in [0.25, 0.3) is 0 Å². The van der Waals surface area contributed by atoms with E-state index in [0.717, 1.165) is 24.9 Å². The Kier molecular flexibility index (Phi) is 6.46. The minimum absolute atomic E-state index is 0.288. The maximum Gasteiger partial charge on any atom is 0.325 e. The molecule has 0 spiro atoms. The van der Waals surface area contributed by atoms with Crippen molar-refractivity contribution in [3.05, 3.63) is 0 Å². The molecule has 1 aliphatic heterocycles. The van der Waals surface area contributed by atoms with Crippen molar-refractivity contribution in [2.75, 3.05) is 19.7 Å². The number of piperidine rings is 1. The second kappa shape index (κ2) is 7.41. The lowest BCUT2D eigenvalue weighted by atomic mass is 9.85. The molecular weight excluding hydrogens is 252 g/mol. The predicted octanol–water partition coefficient (Wildman–Crippen LogP) is 2.41. The summed E-state index contributed by atoms with van der Waals surface area (Å²) in [6.07, 6.45) is 3.16. The summed E-state index contributed by atoms with van der Waals surface area (Å²) < 4.78 is 5.06. The van der Waals surface area contributed by atoms with Gasteiger partial charge in [-0.3, -0.25) is 4.79 Å². The van der Waals surface area contributed by atoms with Crippen LogP contribution in [-0.4, -0.2) is 42.1 Å². The summed E-state index contributed by atoms with van der Waals surface area (Å²) >= 11 is 0. The molecule has 2 unspecified atom stereocenters. The average Bonchev–Trinajstić information content (AvgIpc) is 2.38. The molecule has 118 valence electrons. The third-order valence-corrected chi connectivity index (χ3v) is 4.60.